The fraction of sp³-hybridized carbons (Fsp3) is 0.467. The molecule has 0 spiro atoms. The predicted octanol–water partition coefficient (Wildman–Crippen LogP) is 2.59. The topological polar surface area (TPSA) is 21.3 Å². The van der Waals surface area contributed by atoms with Gasteiger partial charge in [0, 0.05) is 6.04 Å². The van der Waals surface area contributed by atoms with Gasteiger partial charge in [-0.1, -0.05) is 43.2 Å². The van der Waals surface area contributed by atoms with E-state index < -0.39 is 0 Å². The summed E-state index contributed by atoms with van der Waals surface area (Å²) in [5.74, 6) is 2.72. The van der Waals surface area contributed by atoms with E-state index in [1.807, 2.05) is 18.2 Å². The van der Waals surface area contributed by atoms with Crippen molar-refractivity contribution >= 4 is 0 Å². The summed E-state index contributed by atoms with van der Waals surface area (Å²) >= 11 is 0. The first-order valence-corrected chi connectivity index (χ1v) is 6.10. The molecule has 1 aromatic rings. The van der Waals surface area contributed by atoms with Crippen LogP contribution in [-0.2, 0) is 11.3 Å². The van der Waals surface area contributed by atoms with E-state index in [0.717, 1.165) is 6.42 Å². The van der Waals surface area contributed by atoms with Gasteiger partial charge in [-0.15, -0.1) is 6.42 Å². The minimum atomic E-state index is 0.144. The number of rotatable bonds is 7. The first-order chi connectivity index (χ1) is 8.26. The second-order valence-electron chi connectivity index (χ2n) is 4.20. The molecule has 2 unspecified atom stereocenters. The van der Waals surface area contributed by atoms with Crippen molar-refractivity contribution in [3.63, 3.8) is 0 Å². The van der Waals surface area contributed by atoms with Gasteiger partial charge in [0.25, 0.3) is 0 Å². The van der Waals surface area contributed by atoms with E-state index in [0.29, 0.717) is 13.2 Å². The molecule has 0 heterocycles. The van der Waals surface area contributed by atoms with Crippen molar-refractivity contribution in [2.45, 2.75) is 39.0 Å². The molecule has 92 valence electrons. The highest BCUT2D eigenvalue weighted by Gasteiger charge is 2.07. The summed E-state index contributed by atoms with van der Waals surface area (Å²) in [6, 6.07) is 10.6. The molecule has 0 aliphatic rings. The minimum Gasteiger partial charge on any atom is -0.375 e. The van der Waals surface area contributed by atoms with Crippen LogP contribution in [0.3, 0.4) is 0 Å². The summed E-state index contributed by atoms with van der Waals surface area (Å²) in [5, 5.41) is 3.34. The third-order valence-electron chi connectivity index (χ3n) is 2.57. The SMILES string of the molecule is C#CC(CC)NC(C)COCc1ccccc1. The van der Waals surface area contributed by atoms with E-state index in [1.165, 1.54) is 5.56 Å². The van der Waals surface area contributed by atoms with Crippen LogP contribution < -0.4 is 5.32 Å². The van der Waals surface area contributed by atoms with Crippen LogP contribution >= 0.6 is 0 Å². The summed E-state index contributed by atoms with van der Waals surface area (Å²) in [6.07, 6.45) is 6.34. The number of hydrogen-bond donors (Lipinski definition) is 1. The smallest absolute Gasteiger partial charge is 0.0717 e. The lowest BCUT2D eigenvalue weighted by molar-refractivity contribution is 0.101. The first kappa shape index (κ1) is 13.8. The Labute approximate surface area is 104 Å². The third-order valence-corrected chi connectivity index (χ3v) is 2.57. The fourth-order valence-corrected chi connectivity index (χ4v) is 1.60. The maximum atomic E-state index is 5.64. The average Bonchev–Trinajstić information content (AvgIpc) is 2.37. The number of ether oxygens (including phenoxy) is 1. The maximum absolute atomic E-state index is 5.64. The Balaban J connectivity index is 2.21. The van der Waals surface area contributed by atoms with Crippen LogP contribution in [0.15, 0.2) is 30.3 Å². The lowest BCUT2D eigenvalue weighted by atomic mass is 10.2. The molecule has 0 saturated carbocycles. The third kappa shape index (κ3) is 5.53. The number of terminal acetylenes is 1. The maximum Gasteiger partial charge on any atom is 0.0717 e. The summed E-state index contributed by atoms with van der Waals surface area (Å²) in [7, 11) is 0. The number of hydrogen-bond acceptors (Lipinski definition) is 2. The van der Waals surface area contributed by atoms with Crippen molar-refractivity contribution < 1.29 is 4.74 Å². The van der Waals surface area contributed by atoms with Crippen LogP contribution in [0.5, 0.6) is 0 Å². The van der Waals surface area contributed by atoms with Gasteiger partial charge in [-0.3, -0.25) is 5.32 Å². The number of nitrogens with one attached hydrogen (secondary N) is 1. The number of benzene rings is 1. The molecule has 17 heavy (non-hydrogen) atoms. The molecule has 0 aromatic heterocycles. The van der Waals surface area contributed by atoms with Gasteiger partial charge in [-0.05, 0) is 18.9 Å². The Hall–Kier alpha value is -1.30. The van der Waals surface area contributed by atoms with Gasteiger partial charge in [0.1, 0.15) is 0 Å². The minimum absolute atomic E-state index is 0.144. The summed E-state index contributed by atoms with van der Waals surface area (Å²) in [6.45, 7) is 5.49. The molecule has 1 rings (SSSR count). The molecule has 0 bridgehead atoms. The molecule has 1 aromatic carbocycles. The van der Waals surface area contributed by atoms with Crippen molar-refractivity contribution in [1.82, 2.24) is 5.32 Å². The lowest BCUT2D eigenvalue weighted by Gasteiger charge is -2.18. The predicted molar refractivity (Wildman–Crippen MR) is 71.6 cm³/mol. The van der Waals surface area contributed by atoms with Crippen LogP contribution in [0.4, 0.5) is 0 Å². The van der Waals surface area contributed by atoms with Gasteiger partial charge in [-0.25, -0.2) is 0 Å². The van der Waals surface area contributed by atoms with E-state index in [-0.39, 0.29) is 12.1 Å². The fourth-order valence-electron chi connectivity index (χ4n) is 1.60. The molecule has 2 heteroatoms. The van der Waals surface area contributed by atoms with Crippen LogP contribution in [0.1, 0.15) is 25.8 Å². The van der Waals surface area contributed by atoms with Crippen molar-refractivity contribution in [1.29, 1.82) is 0 Å². The van der Waals surface area contributed by atoms with Gasteiger partial charge in [0.05, 0.1) is 19.3 Å². The highest BCUT2D eigenvalue weighted by atomic mass is 16.5. The van der Waals surface area contributed by atoms with Crippen LogP contribution in [-0.4, -0.2) is 18.7 Å². The monoisotopic (exact) mass is 231 g/mol. The molecule has 0 fully saturated rings. The molecule has 0 amide bonds. The van der Waals surface area contributed by atoms with Crippen molar-refractivity contribution in [3.05, 3.63) is 35.9 Å². The molecule has 0 saturated heterocycles. The van der Waals surface area contributed by atoms with Gasteiger partial charge >= 0.3 is 0 Å². The van der Waals surface area contributed by atoms with Crippen LogP contribution in [0.25, 0.3) is 0 Å². The normalized spacial score (nSPS) is 13.9. The molecular weight excluding hydrogens is 210 g/mol. The van der Waals surface area contributed by atoms with Crippen molar-refractivity contribution in [3.8, 4) is 12.3 Å². The second kappa shape index (κ2) is 7.89. The Morgan fingerprint density at radius 1 is 1.35 bits per heavy atom. The van der Waals surface area contributed by atoms with E-state index in [4.69, 9.17) is 11.2 Å². The molecular formula is C15H21NO. The molecule has 2 atom stereocenters. The van der Waals surface area contributed by atoms with E-state index in [1.54, 1.807) is 0 Å². The van der Waals surface area contributed by atoms with Crippen molar-refractivity contribution in [2.24, 2.45) is 0 Å². The zero-order valence-corrected chi connectivity index (χ0v) is 10.6. The Bertz CT molecular complexity index is 342. The van der Waals surface area contributed by atoms with E-state index in [9.17, 15) is 0 Å². The average molecular weight is 231 g/mol. The highest BCUT2D eigenvalue weighted by molar-refractivity contribution is 5.13. The van der Waals surface area contributed by atoms with Crippen LogP contribution in [0.2, 0.25) is 0 Å². The lowest BCUT2D eigenvalue weighted by Crippen LogP contribution is -2.38. The van der Waals surface area contributed by atoms with Gasteiger partial charge in [0.2, 0.25) is 0 Å². The van der Waals surface area contributed by atoms with Gasteiger partial charge < -0.3 is 4.74 Å². The zero-order chi connectivity index (χ0) is 12.5. The summed E-state index contributed by atoms with van der Waals surface area (Å²) in [4.78, 5) is 0. The quantitative estimate of drug-likeness (QED) is 0.728. The first-order valence-electron chi connectivity index (χ1n) is 6.10. The largest absolute Gasteiger partial charge is 0.375 e. The summed E-state index contributed by atoms with van der Waals surface area (Å²) in [5.41, 5.74) is 1.20. The van der Waals surface area contributed by atoms with Crippen molar-refractivity contribution in [2.75, 3.05) is 6.61 Å². The Kier molecular flexibility index (Phi) is 6.39. The summed E-state index contributed by atoms with van der Waals surface area (Å²) < 4.78 is 5.64. The molecule has 1 N–H and O–H groups in total. The molecule has 0 aliphatic heterocycles. The van der Waals surface area contributed by atoms with E-state index in [2.05, 4.69) is 37.2 Å². The van der Waals surface area contributed by atoms with Crippen LogP contribution in [0, 0.1) is 12.3 Å². The second-order valence-corrected chi connectivity index (χ2v) is 4.20. The van der Waals surface area contributed by atoms with Gasteiger partial charge in [0.15, 0.2) is 0 Å². The zero-order valence-electron chi connectivity index (χ0n) is 10.6. The standard InChI is InChI=1S/C15H21NO/c1-4-15(5-2)16-13(3)11-17-12-14-9-7-6-8-10-14/h1,6-10,13,15-16H,5,11-12H2,2-3H3. The Morgan fingerprint density at radius 2 is 2.06 bits per heavy atom. The highest BCUT2D eigenvalue weighted by Crippen LogP contribution is 2.01. The molecule has 0 radical (unpaired) electrons. The Morgan fingerprint density at radius 3 is 2.65 bits per heavy atom. The molecule has 2 nitrogen and oxygen atoms in total. The molecule has 0 aliphatic carbocycles. The van der Waals surface area contributed by atoms with Gasteiger partial charge in [-0.2, -0.15) is 0 Å². The van der Waals surface area contributed by atoms with E-state index >= 15 is 0 Å².